The van der Waals surface area contributed by atoms with E-state index in [0.717, 1.165) is 38.5 Å². The zero-order valence-corrected chi connectivity index (χ0v) is 21.4. The van der Waals surface area contributed by atoms with Crippen molar-refractivity contribution in [1.29, 1.82) is 0 Å². The largest absolute Gasteiger partial charge is 0.438 e. The number of hydrogen-bond acceptors (Lipinski definition) is 5. The fraction of sp³-hybridized carbons (Fsp3) is 0.727. The van der Waals surface area contributed by atoms with Crippen LogP contribution in [-0.4, -0.2) is 21.6 Å². The average molecular weight is 495 g/mol. The van der Waals surface area contributed by atoms with Crippen molar-refractivity contribution in [3.63, 3.8) is 0 Å². The van der Waals surface area contributed by atoms with Gasteiger partial charge >= 0.3 is 0 Å². The second-order valence-corrected chi connectivity index (χ2v) is 11.6. The highest BCUT2D eigenvalue weighted by molar-refractivity contribution is 8.01. The molecular formula is C22H38ClNO5PS-. The lowest BCUT2D eigenvalue weighted by Crippen LogP contribution is -2.05. The van der Waals surface area contributed by atoms with Crippen LogP contribution in [0, 0.1) is 0 Å². The lowest BCUT2D eigenvalue weighted by atomic mass is 10.1. The highest BCUT2D eigenvalue weighted by Gasteiger charge is 2.20. The van der Waals surface area contributed by atoms with Crippen LogP contribution in [0.15, 0.2) is 29.2 Å². The molecule has 0 saturated heterocycles. The zero-order valence-electron chi connectivity index (χ0n) is 18.9. The van der Waals surface area contributed by atoms with Crippen molar-refractivity contribution >= 4 is 29.4 Å². The van der Waals surface area contributed by atoms with Crippen LogP contribution >= 0.6 is 19.3 Å². The van der Waals surface area contributed by atoms with Crippen molar-refractivity contribution in [2.75, 3.05) is 13.2 Å². The van der Waals surface area contributed by atoms with Crippen molar-refractivity contribution in [3.8, 4) is 0 Å². The van der Waals surface area contributed by atoms with Gasteiger partial charge < -0.3 is 13.5 Å². The number of unbranched alkanes of at least 4 members (excludes halogenated alkanes) is 10. The fourth-order valence-electron chi connectivity index (χ4n) is 2.99. The number of halogens is 1. The number of sulfonamides is 1. The second-order valence-electron chi connectivity index (χ2n) is 7.68. The Balaban J connectivity index is 2.63. The molecule has 0 aromatic heterocycles. The molecule has 31 heavy (non-hydrogen) atoms. The Morgan fingerprint density at radius 2 is 1.19 bits per heavy atom. The first-order valence-electron chi connectivity index (χ1n) is 11.5. The lowest BCUT2D eigenvalue weighted by molar-refractivity contribution is 0.204. The summed E-state index contributed by atoms with van der Waals surface area (Å²) in [5.74, 6) is 0. The Hall–Kier alpha value is -0.430. The Morgan fingerprint density at radius 3 is 1.65 bits per heavy atom. The maximum atomic E-state index is 13.1. The first kappa shape index (κ1) is 28.6. The van der Waals surface area contributed by atoms with E-state index in [-0.39, 0.29) is 18.1 Å². The summed E-state index contributed by atoms with van der Waals surface area (Å²) in [6.45, 7) is 4.62. The molecule has 0 fully saturated rings. The van der Waals surface area contributed by atoms with Gasteiger partial charge in [0.15, 0.2) is 0 Å². The molecule has 180 valence electrons. The van der Waals surface area contributed by atoms with Gasteiger partial charge in [0.25, 0.3) is 7.75 Å². The second kappa shape index (κ2) is 16.2. The zero-order chi connectivity index (χ0) is 23.0. The summed E-state index contributed by atoms with van der Waals surface area (Å²) in [7, 11) is -8.33. The summed E-state index contributed by atoms with van der Waals surface area (Å²) in [6.07, 6.45) is 12.4. The van der Waals surface area contributed by atoms with Crippen molar-refractivity contribution in [2.24, 2.45) is 0 Å². The minimum absolute atomic E-state index is 0.0940. The summed E-state index contributed by atoms with van der Waals surface area (Å²) in [4.78, 5) is -0.0940. The number of benzene rings is 1. The molecule has 0 aliphatic heterocycles. The monoisotopic (exact) mass is 494 g/mol. The van der Waals surface area contributed by atoms with Crippen LogP contribution in [0.25, 0.3) is 4.49 Å². The van der Waals surface area contributed by atoms with E-state index in [0.29, 0.717) is 17.9 Å². The molecular weight excluding hydrogens is 457 g/mol. The van der Waals surface area contributed by atoms with Gasteiger partial charge in [0.1, 0.15) is 10.0 Å². The van der Waals surface area contributed by atoms with E-state index in [1.807, 2.05) is 0 Å². The molecule has 0 aliphatic rings. The van der Waals surface area contributed by atoms with E-state index in [1.54, 1.807) is 0 Å². The van der Waals surface area contributed by atoms with Crippen LogP contribution in [0.1, 0.15) is 90.9 Å². The molecule has 1 aromatic carbocycles. The highest BCUT2D eigenvalue weighted by Crippen LogP contribution is 2.57. The summed E-state index contributed by atoms with van der Waals surface area (Å²) in [6, 6.07) is 5.55. The lowest BCUT2D eigenvalue weighted by Gasteiger charge is -2.30. The first-order chi connectivity index (χ1) is 14.8. The molecule has 0 spiro atoms. The van der Waals surface area contributed by atoms with Gasteiger partial charge in [-0.15, -0.1) is 0 Å². The predicted molar refractivity (Wildman–Crippen MR) is 128 cm³/mol. The van der Waals surface area contributed by atoms with E-state index in [1.165, 1.54) is 49.9 Å². The smallest absolute Gasteiger partial charge is 0.253 e. The van der Waals surface area contributed by atoms with Crippen LogP contribution in [-0.2, 0) is 23.6 Å². The third-order valence-corrected chi connectivity index (χ3v) is 8.62. The van der Waals surface area contributed by atoms with Crippen LogP contribution < -0.4 is 0 Å². The molecule has 0 aliphatic carbocycles. The third-order valence-electron chi connectivity index (χ3n) is 4.82. The molecule has 0 radical (unpaired) electrons. The molecule has 0 saturated carbocycles. The van der Waals surface area contributed by atoms with Crippen LogP contribution in [0.4, 0.5) is 0 Å². The maximum absolute atomic E-state index is 13.1. The molecule has 0 amide bonds. The summed E-state index contributed by atoms with van der Waals surface area (Å²) >= 11 is 5.83. The Labute approximate surface area is 194 Å². The Bertz CT molecular complexity index is 721. The standard InChI is InChI=1S/C22H38ClNO5PS/c1-3-5-7-9-11-13-19-28-30(25,29-20-14-12-10-8-6-4-2)24-31(26,27)22-17-15-21(23)16-18-22/h15-18H,3-14,19-20H2,1-2H3/q-1. The van der Waals surface area contributed by atoms with Crippen LogP contribution in [0.3, 0.4) is 0 Å². The van der Waals surface area contributed by atoms with Gasteiger partial charge in [0, 0.05) is 9.92 Å². The Kier molecular flexibility index (Phi) is 15.0. The van der Waals surface area contributed by atoms with Gasteiger partial charge in [0.05, 0.1) is 13.2 Å². The fourth-order valence-corrected chi connectivity index (χ4v) is 6.20. The molecule has 0 bridgehead atoms. The van der Waals surface area contributed by atoms with Crippen molar-refractivity contribution in [3.05, 3.63) is 33.8 Å². The quantitative estimate of drug-likeness (QED) is 0.143. The van der Waals surface area contributed by atoms with Crippen LogP contribution in [0.5, 0.6) is 0 Å². The third kappa shape index (κ3) is 13.0. The molecule has 6 nitrogen and oxygen atoms in total. The number of hydrogen-bond donors (Lipinski definition) is 0. The van der Waals surface area contributed by atoms with E-state index in [9.17, 15) is 13.0 Å². The summed E-state index contributed by atoms with van der Waals surface area (Å²) < 4.78 is 52.8. The van der Waals surface area contributed by atoms with E-state index in [4.69, 9.17) is 20.6 Å². The van der Waals surface area contributed by atoms with Crippen LogP contribution in [0.2, 0.25) is 5.02 Å². The highest BCUT2D eigenvalue weighted by atomic mass is 35.5. The minimum Gasteiger partial charge on any atom is -0.438 e. The molecule has 0 atom stereocenters. The molecule has 1 aromatic rings. The normalized spacial score (nSPS) is 12.4. The van der Waals surface area contributed by atoms with Gasteiger partial charge in [-0.05, 0) is 37.1 Å². The van der Waals surface area contributed by atoms with E-state index in [2.05, 4.69) is 18.3 Å². The van der Waals surface area contributed by atoms with Crippen molar-refractivity contribution in [1.82, 2.24) is 0 Å². The van der Waals surface area contributed by atoms with E-state index >= 15 is 0 Å². The SMILES string of the molecule is CCCCCCCCOP(=O)([N-]S(=O)(=O)c1ccc(Cl)cc1)OCCCCCCCC. The average Bonchev–Trinajstić information content (AvgIpc) is 2.72. The van der Waals surface area contributed by atoms with Gasteiger partial charge in [-0.25, -0.2) is 8.42 Å². The van der Waals surface area contributed by atoms with Gasteiger partial charge in [-0.1, -0.05) is 89.7 Å². The molecule has 0 N–H and O–H groups in total. The summed E-state index contributed by atoms with van der Waals surface area (Å²) in [5.41, 5.74) is 0. The van der Waals surface area contributed by atoms with Gasteiger partial charge in [-0.3, -0.25) is 4.57 Å². The number of nitrogens with zero attached hydrogens (tertiary/aromatic N) is 1. The molecule has 0 unspecified atom stereocenters. The van der Waals surface area contributed by atoms with Crippen molar-refractivity contribution < 1.29 is 22.0 Å². The molecule has 1 rings (SSSR count). The molecule has 0 heterocycles. The molecule has 9 heteroatoms. The maximum Gasteiger partial charge on any atom is 0.253 e. The van der Waals surface area contributed by atoms with Crippen molar-refractivity contribution in [2.45, 2.75) is 95.8 Å². The summed E-state index contributed by atoms with van der Waals surface area (Å²) in [5, 5.41) is 0.403. The minimum atomic E-state index is -4.19. The number of rotatable bonds is 19. The van der Waals surface area contributed by atoms with Gasteiger partial charge in [-0.2, -0.15) is 0 Å². The predicted octanol–water partition coefficient (Wildman–Crippen LogP) is 8.26. The Morgan fingerprint density at radius 1 is 0.774 bits per heavy atom. The van der Waals surface area contributed by atoms with E-state index < -0.39 is 17.8 Å². The van der Waals surface area contributed by atoms with Gasteiger partial charge in [0.2, 0.25) is 0 Å². The topological polar surface area (TPSA) is 83.8 Å². The first-order valence-corrected chi connectivity index (χ1v) is 14.8.